The van der Waals surface area contributed by atoms with E-state index >= 15 is 0 Å². The van der Waals surface area contributed by atoms with Crippen molar-refractivity contribution in [2.45, 2.75) is 13.1 Å². The Hall–Kier alpha value is -1.23. The molecule has 1 heterocycles. The van der Waals surface area contributed by atoms with Crippen molar-refractivity contribution in [1.29, 1.82) is 0 Å². The van der Waals surface area contributed by atoms with Gasteiger partial charge in [-0.25, -0.2) is 0 Å². The highest BCUT2D eigenvalue weighted by Gasteiger charge is 2.31. The van der Waals surface area contributed by atoms with Gasteiger partial charge in [-0.15, -0.1) is 0 Å². The second-order valence-electron chi connectivity index (χ2n) is 5.41. The van der Waals surface area contributed by atoms with Crippen LogP contribution in [0.5, 0.6) is 0 Å². The molecule has 0 saturated carbocycles. The molecule has 1 aromatic carbocycles. The zero-order chi connectivity index (χ0) is 14.1. The molecule has 0 amide bonds. The van der Waals surface area contributed by atoms with E-state index < -0.39 is 11.7 Å². The minimum atomic E-state index is -4.25. The van der Waals surface area contributed by atoms with Gasteiger partial charge >= 0.3 is 6.18 Å². The van der Waals surface area contributed by atoms with Gasteiger partial charge in [0.1, 0.15) is 0 Å². The number of hydrogen-bond acceptors (Lipinski definition) is 1. The first-order valence-corrected chi connectivity index (χ1v) is 6.60. The lowest BCUT2D eigenvalue weighted by molar-refractivity contribution is -0.908. The largest absolute Gasteiger partial charge is 0.416 e. The predicted octanol–water partition coefficient (Wildman–Crippen LogP) is 2.99. The number of nitrogens with zero attached hydrogens (tertiary/aromatic N) is 2. The Balaban J connectivity index is 2.04. The molecule has 1 aliphatic rings. The summed E-state index contributed by atoms with van der Waals surface area (Å²) in [6, 6.07) is 5.48. The Labute approximate surface area is 112 Å². The minimum absolute atomic E-state index is 0.581. The third-order valence-corrected chi connectivity index (χ3v) is 4.14. The summed E-state index contributed by atoms with van der Waals surface area (Å²) in [6.45, 7) is 7.15. The maximum Gasteiger partial charge on any atom is 0.416 e. The average Bonchev–Trinajstić information content (AvgIpc) is 2.39. The van der Waals surface area contributed by atoms with Crippen molar-refractivity contribution in [2.24, 2.45) is 0 Å². The average molecular weight is 273 g/mol. The van der Waals surface area contributed by atoms with E-state index in [9.17, 15) is 13.2 Å². The van der Waals surface area contributed by atoms with E-state index in [1.54, 1.807) is 12.1 Å². The highest BCUT2D eigenvalue weighted by Crippen LogP contribution is 2.30. The Kier molecular flexibility index (Phi) is 3.76. The molecule has 0 atom stereocenters. The van der Waals surface area contributed by atoms with Crippen molar-refractivity contribution in [3.63, 3.8) is 0 Å². The molecule has 1 saturated heterocycles. The van der Waals surface area contributed by atoms with Gasteiger partial charge in [0.15, 0.2) is 0 Å². The maximum atomic E-state index is 12.5. The van der Waals surface area contributed by atoms with Crippen LogP contribution in [-0.4, -0.2) is 44.3 Å². The summed E-state index contributed by atoms with van der Waals surface area (Å²) in [7, 11) is 2.23. The second kappa shape index (κ2) is 5.04. The van der Waals surface area contributed by atoms with Crippen LogP contribution >= 0.6 is 0 Å². The van der Waals surface area contributed by atoms with E-state index in [1.165, 1.54) is 0 Å². The van der Waals surface area contributed by atoms with E-state index in [2.05, 4.69) is 18.9 Å². The van der Waals surface area contributed by atoms with Gasteiger partial charge in [0, 0.05) is 5.69 Å². The third-order valence-electron chi connectivity index (χ3n) is 4.14. The fraction of sp³-hybridized carbons (Fsp3) is 0.571. The molecule has 19 heavy (non-hydrogen) atoms. The van der Waals surface area contributed by atoms with Crippen LogP contribution in [0.2, 0.25) is 0 Å². The van der Waals surface area contributed by atoms with Crippen molar-refractivity contribution in [1.82, 2.24) is 0 Å². The van der Waals surface area contributed by atoms with E-state index in [4.69, 9.17) is 0 Å². The lowest BCUT2D eigenvalue weighted by atomic mass is 10.1. The van der Waals surface area contributed by atoms with Crippen LogP contribution in [0.1, 0.15) is 12.5 Å². The SMILES string of the molecule is CC[N+]1(C)CCN(c2ccc(C(F)(F)F)cc2)CC1. The van der Waals surface area contributed by atoms with Crippen molar-refractivity contribution in [2.75, 3.05) is 44.7 Å². The van der Waals surface area contributed by atoms with Gasteiger partial charge in [0.2, 0.25) is 0 Å². The number of quaternary nitrogens is 1. The number of piperazine rings is 1. The highest BCUT2D eigenvalue weighted by molar-refractivity contribution is 5.48. The molecule has 1 aromatic rings. The summed E-state index contributed by atoms with van der Waals surface area (Å²) in [5, 5.41) is 0. The van der Waals surface area contributed by atoms with Crippen LogP contribution in [0.25, 0.3) is 0 Å². The quantitative estimate of drug-likeness (QED) is 0.749. The van der Waals surface area contributed by atoms with Gasteiger partial charge in [-0.2, -0.15) is 13.2 Å². The summed E-state index contributed by atoms with van der Waals surface area (Å²) in [6.07, 6.45) is -4.25. The molecule has 106 valence electrons. The van der Waals surface area contributed by atoms with Crippen LogP contribution in [0.4, 0.5) is 18.9 Å². The van der Waals surface area contributed by atoms with Gasteiger partial charge in [-0.3, -0.25) is 0 Å². The van der Waals surface area contributed by atoms with Gasteiger partial charge in [-0.1, -0.05) is 0 Å². The summed E-state index contributed by atoms with van der Waals surface area (Å²) >= 11 is 0. The van der Waals surface area contributed by atoms with E-state index in [0.29, 0.717) is 0 Å². The van der Waals surface area contributed by atoms with Crippen LogP contribution in [0.15, 0.2) is 24.3 Å². The maximum absolute atomic E-state index is 12.5. The van der Waals surface area contributed by atoms with Gasteiger partial charge in [0.25, 0.3) is 0 Å². The molecule has 2 nitrogen and oxygen atoms in total. The molecular weight excluding hydrogens is 253 g/mol. The monoisotopic (exact) mass is 273 g/mol. The topological polar surface area (TPSA) is 3.24 Å². The zero-order valence-corrected chi connectivity index (χ0v) is 11.4. The molecule has 0 aromatic heterocycles. The molecule has 1 aliphatic heterocycles. The van der Waals surface area contributed by atoms with Crippen molar-refractivity contribution < 1.29 is 17.7 Å². The highest BCUT2D eigenvalue weighted by atomic mass is 19.4. The van der Waals surface area contributed by atoms with Crippen molar-refractivity contribution in [3.05, 3.63) is 29.8 Å². The molecular formula is C14H20F3N2+. The zero-order valence-electron chi connectivity index (χ0n) is 11.4. The van der Waals surface area contributed by atoms with Crippen LogP contribution < -0.4 is 4.90 Å². The molecule has 0 radical (unpaired) electrons. The minimum Gasteiger partial charge on any atom is -0.360 e. The Morgan fingerprint density at radius 3 is 2.05 bits per heavy atom. The fourth-order valence-electron chi connectivity index (χ4n) is 2.38. The van der Waals surface area contributed by atoms with E-state index in [1.807, 2.05) is 0 Å². The molecule has 0 N–H and O–H groups in total. The molecule has 0 bridgehead atoms. The predicted molar refractivity (Wildman–Crippen MR) is 70.1 cm³/mol. The number of rotatable bonds is 2. The van der Waals surface area contributed by atoms with E-state index in [-0.39, 0.29) is 0 Å². The Morgan fingerprint density at radius 2 is 1.63 bits per heavy atom. The summed E-state index contributed by atoms with van der Waals surface area (Å²) in [5.41, 5.74) is 0.304. The van der Waals surface area contributed by atoms with E-state index in [0.717, 1.165) is 55.0 Å². The lowest BCUT2D eigenvalue weighted by Gasteiger charge is -2.42. The third kappa shape index (κ3) is 3.21. The number of anilines is 1. The van der Waals surface area contributed by atoms with Crippen LogP contribution in [-0.2, 0) is 6.18 Å². The Morgan fingerprint density at radius 1 is 1.11 bits per heavy atom. The van der Waals surface area contributed by atoms with Crippen LogP contribution in [0.3, 0.4) is 0 Å². The van der Waals surface area contributed by atoms with Crippen molar-refractivity contribution >= 4 is 5.69 Å². The molecule has 5 heteroatoms. The summed E-state index contributed by atoms with van der Waals surface area (Å²) in [5.74, 6) is 0. The molecule has 0 spiro atoms. The second-order valence-corrected chi connectivity index (χ2v) is 5.41. The summed E-state index contributed by atoms with van der Waals surface area (Å²) in [4.78, 5) is 2.16. The number of likely N-dealkylation sites (N-methyl/N-ethyl adjacent to an activating group) is 1. The first kappa shape index (κ1) is 14.2. The number of alkyl halides is 3. The van der Waals surface area contributed by atoms with Gasteiger partial charge in [0.05, 0.1) is 45.3 Å². The normalized spacial score (nSPS) is 19.5. The number of hydrogen-bond donors (Lipinski definition) is 0. The molecule has 1 fully saturated rings. The van der Waals surface area contributed by atoms with Gasteiger partial charge in [-0.05, 0) is 31.2 Å². The Bertz CT molecular complexity index is 417. The molecule has 2 rings (SSSR count). The standard InChI is InChI=1S/C14H20F3N2/c1-3-19(2)10-8-18(9-11-19)13-6-4-12(5-7-13)14(15,16)17/h4-7H,3,8-11H2,1-2H3/q+1. The first-order chi connectivity index (χ1) is 8.84. The smallest absolute Gasteiger partial charge is 0.360 e. The number of benzene rings is 1. The first-order valence-electron chi connectivity index (χ1n) is 6.60. The van der Waals surface area contributed by atoms with Crippen LogP contribution in [0, 0.1) is 0 Å². The lowest BCUT2D eigenvalue weighted by Crippen LogP contribution is -2.57. The summed E-state index contributed by atoms with van der Waals surface area (Å²) < 4.78 is 38.5. The molecule has 0 unspecified atom stereocenters. The number of halogens is 3. The molecule has 0 aliphatic carbocycles. The fourth-order valence-corrected chi connectivity index (χ4v) is 2.38. The van der Waals surface area contributed by atoms with Crippen molar-refractivity contribution in [3.8, 4) is 0 Å². The van der Waals surface area contributed by atoms with Gasteiger partial charge < -0.3 is 9.38 Å².